The lowest BCUT2D eigenvalue weighted by atomic mass is 10.0. The number of thiazole rings is 1. The van der Waals surface area contributed by atoms with Crippen LogP contribution in [0, 0.1) is 5.82 Å². The van der Waals surface area contributed by atoms with Gasteiger partial charge in [-0.15, -0.1) is 5.10 Å². The number of aromatic hydroxyl groups is 1. The Morgan fingerprint density at radius 3 is 2.84 bits per heavy atom. The first kappa shape index (κ1) is 16.4. The van der Waals surface area contributed by atoms with Crippen molar-refractivity contribution in [1.29, 1.82) is 0 Å². The van der Waals surface area contributed by atoms with Crippen LogP contribution < -0.4 is 0 Å². The second-order valence-corrected chi connectivity index (χ2v) is 6.98. The fourth-order valence-corrected chi connectivity index (χ4v) is 4.29. The molecular weight excluding hydrogens is 343 g/mol. The highest BCUT2D eigenvalue weighted by Gasteiger charge is 2.30. The third-order valence-electron chi connectivity index (χ3n) is 4.38. The first-order chi connectivity index (χ1) is 12.2. The Morgan fingerprint density at radius 1 is 1.36 bits per heavy atom. The van der Waals surface area contributed by atoms with Crippen LogP contribution in [0.1, 0.15) is 29.2 Å². The summed E-state index contributed by atoms with van der Waals surface area (Å²) in [6.45, 7) is 4.64. The molecule has 1 aromatic carbocycles. The highest BCUT2D eigenvalue weighted by molar-refractivity contribution is 7.17. The molecule has 0 aliphatic carbocycles. The summed E-state index contributed by atoms with van der Waals surface area (Å²) in [5.74, 6) is 0.484. The second-order valence-electron chi connectivity index (χ2n) is 5.97. The minimum absolute atomic E-state index is 0.0768. The van der Waals surface area contributed by atoms with Gasteiger partial charge in [-0.05, 0) is 17.7 Å². The summed E-state index contributed by atoms with van der Waals surface area (Å²) in [4.78, 5) is 8.02. The lowest BCUT2D eigenvalue weighted by molar-refractivity contribution is 0.0240. The van der Waals surface area contributed by atoms with Crippen molar-refractivity contribution in [2.45, 2.75) is 19.4 Å². The lowest BCUT2D eigenvalue weighted by Crippen LogP contribution is -2.39. The smallest absolute Gasteiger partial charge is 0.230 e. The maximum atomic E-state index is 13.8. The van der Waals surface area contributed by atoms with Crippen molar-refractivity contribution in [3.63, 3.8) is 0 Å². The Morgan fingerprint density at radius 2 is 2.16 bits per heavy atom. The monoisotopic (exact) mass is 362 g/mol. The average Bonchev–Trinajstić information content (AvgIpc) is 3.16. The Bertz CT molecular complexity index is 888. The molecule has 3 heterocycles. The van der Waals surface area contributed by atoms with E-state index in [9.17, 15) is 9.50 Å². The number of halogens is 1. The van der Waals surface area contributed by atoms with Crippen molar-refractivity contribution in [2.24, 2.45) is 0 Å². The number of hydrogen-bond donors (Lipinski definition) is 1. The Balaban J connectivity index is 1.82. The molecule has 1 atom stereocenters. The number of benzene rings is 1. The van der Waals surface area contributed by atoms with Gasteiger partial charge in [-0.2, -0.15) is 4.52 Å². The van der Waals surface area contributed by atoms with Crippen molar-refractivity contribution in [3.05, 3.63) is 46.3 Å². The van der Waals surface area contributed by atoms with E-state index in [1.807, 2.05) is 13.0 Å². The molecule has 0 radical (unpaired) electrons. The number of fused-ring (bicyclic) bond motifs is 1. The maximum absolute atomic E-state index is 13.8. The highest BCUT2D eigenvalue weighted by Crippen LogP contribution is 2.40. The van der Waals surface area contributed by atoms with Gasteiger partial charge in [0.1, 0.15) is 5.82 Å². The molecule has 2 aromatic heterocycles. The zero-order valence-corrected chi connectivity index (χ0v) is 14.7. The molecule has 0 bridgehead atoms. The average molecular weight is 362 g/mol. The summed E-state index contributed by atoms with van der Waals surface area (Å²) in [6, 6.07) is 6.28. The van der Waals surface area contributed by atoms with Gasteiger partial charge in [-0.1, -0.05) is 30.4 Å². The SMILES string of the molecule is CCc1nc2sc(C(c3cccc(F)c3)N3CCOCC3)c(O)n2n1. The van der Waals surface area contributed by atoms with Crippen LogP contribution in [0.4, 0.5) is 4.39 Å². The van der Waals surface area contributed by atoms with Crippen LogP contribution in [0.25, 0.3) is 4.96 Å². The fourth-order valence-electron chi connectivity index (χ4n) is 3.16. The number of nitrogens with zero attached hydrogens (tertiary/aromatic N) is 4. The Hall–Kier alpha value is -2.03. The number of hydrogen-bond acceptors (Lipinski definition) is 6. The van der Waals surface area contributed by atoms with E-state index in [1.54, 1.807) is 6.07 Å². The summed E-state index contributed by atoms with van der Waals surface area (Å²) < 4.78 is 20.7. The summed E-state index contributed by atoms with van der Waals surface area (Å²) in [5.41, 5.74) is 0.803. The molecule has 6 nitrogen and oxygen atoms in total. The van der Waals surface area contributed by atoms with Crippen molar-refractivity contribution in [2.75, 3.05) is 26.3 Å². The normalized spacial score (nSPS) is 17.2. The van der Waals surface area contributed by atoms with E-state index >= 15 is 0 Å². The highest BCUT2D eigenvalue weighted by atomic mass is 32.1. The predicted molar refractivity (Wildman–Crippen MR) is 92.5 cm³/mol. The lowest BCUT2D eigenvalue weighted by Gasteiger charge is -2.34. The van der Waals surface area contributed by atoms with Crippen LogP contribution >= 0.6 is 11.3 Å². The molecule has 8 heteroatoms. The largest absolute Gasteiger partial charge is 0.492 e. The van der Waals surface area contributed by atoms with E-state index < -0.39 is 0 Å². The van der Waals surface area contributed by atoms with E-state index in [1.165, 1.54) is 28.0 Å². The number of aromatic nitrogens is 3. The molecule has 132 valence electrons. The van der Waals surface area contributed by atoms with Gasteiger partial charge in [0.2, 0.25) is 10.8 Å². The number of ether oxygens (including phenoxy) is 1. The number of rotatable bonds is 4. The van der Waals surface area contributed by atoms with Crippen LogP contribution in [-0.4, -0.2) is 50.9 Å². The molecule has 3 aromatic rings. The van der Waals surface area contributed by atoms with Crippen LogP contribution in [0.5, 0.6) is 5.88 Å². The predicted octanol–water partition coefficient (Wildman–Crippen LogP) is 2.62. The third kappa shape index (κ3) is 3.01. The zero-order chi connectivity index (χ0) is 17.4. The van der Waals surface area contributed by atoms with Crippen LogP contribution in [0.3, 0.4) is 0 Å². The first-order valence-corrected chi connectivity index (χ1v) is 9.13. The van der Waals surface area contributed by atoms with Crippen molar-refractivity contribution in [3.8, 4) is 5.88 Å². The summed E-state index contributed by atoms with van der Waals surface area (Å²) in [5, 5.41) is 15.1. The first-order valence-electron chi connectivity index (χ1n) is 8.32. The summed E-state index contributed by atoms with van der Waals surface area (Å²) in [6.07, 6.45) is 0.708. The van der Waals surface area contributed by atoms with Gasteiger partial charge in [0.25, 0.3) is 0 Å². The van der Waals surface area contributed by atoms with Gasteiger partial charge in [-0.25, -0.2) is 9.37 Å². The minimum Gasteiger partial charge on any atom is -0.492 e. The van der Waals surface area contributed by atoms with E-state index in [0.717, 1.165) is 10.4 Å². The van der Waals surface area contributed by atoms with Crippen molar-refractivity contribution >= 4 is 16.3 Å². The zero-order valence-electron chi connectivity index (χ0n) is 13.9. The summed E-state index contributed by atoms with van der Waals surface area (Å²) in [7, 11) is 0. The molecule has 4 rings (SSSR count). The topological polar surface area (TPSA) is 62.9 Å². The van der Waals surface area contributed by atoms with Gasteiger partial charge in [0.05, 0.1) is 24.1 Å². The molecule has 25 heavy (non-hydrogen) atoms. The summed E-state index contributed by atoms with van der Waals surface area (Å²) >= 11 is 1.40. The minimum atomic E-state index is -0.289. The molecule has 1 N–H and O–H groups in total. The standard InChI is InChI=1S/C17H19FN4O2S/c1-2-13-19-17-22(20-13)16(23)15(25-17)14(21-6-8-24-9-7-21)11-4-3-5-12(18)10-11/h3-5,10,14,23H,2,6-9H2,1H3. The van der Waals surface area contributed by atoms with Crippen LogP contribution in [0.15, 0.2) is 24.3 Å². The van der Waals surface area contributed by atoms with Crippen molar-refractivity contribution < 1.29 is 14.2 Å². The van der Waals surface area contributed by atoms with E-state index in [2.05, 4.69) is 15.0 Å². The second kappa shape index (κ2) is 6.70. The van der Waals surface area contributed by atoms with Crippen molar-refractivity contribution in [1.82, 2.24) is 19.5 Å². The molecule has 0 spiro atoms. The van der Waals surface area contributed by atoms with E-state index in [0.29, 0.717) is 43.5 Å². The van der Waals surface area contributed by atoms with E-state index in [-0.39, 0.29) is 17.7 Å². The number of morpholine rings is 1. The van der Waals surface area contributed by atoms with Crippen LogP contribution in [0.2, 0.25) is 0 Å². The molecule has 1 fully saturated rings. The fraction of sp³-hybridized carbons (Fsp3) is 0.412. The molecule has 0 saturated carbocycles. The molecule has 1 aliphatic rings. The molecule has 1 aliphatic heterocycles. The Labute approximate surface area is 148 Å². The molecule has 1 saturated heterocycles. The van der Waals surface area contributed by atoms with Gasteiger partial charge >= 0.3 is 0 Å². The quantitative estimate of drug-likeness (QED) is 0.773. The van der Waals surface area contributed by atoms with Gasteiger partial charge in [0.15, 0.2) is 5.82 Å². The molecule has 1 unspecified atom stereocenters. The van der Waals surface area contributed by atoms with Crippen LogP contribution in [-0.2, 0) is 11.2 Å². The molecular formula is C17H19FN4O2S. The van der Waals surface area contributed by atoms with Gasteiger partial charge in [-0.3, -0.25) is 4.90 Å². The third-order valence-corrected chi connectivity index (χ3v) is 5.46. The number of aryl methyl sites for hydroxylation is 1. The van der Waals surface area contributed by atoms with Gasteiger partial charge < -0.3 is 9.84 Å². The Kier molecular flexibility index (Phi) is 4.41. The maximum Gasteiger partial charge on any atom is 0.230 e. The van der Waals surface area contributed by atoms with Gasteiger partial charge in [0, 0.05) is 19.5 Å². The molecule has 0 amide bonds. The van der Waals surface area contributed by atoms with E-state index in [4.69, 9.17) is 4.74 Å².